The molecule has 26 heavy (non-hydrogen) atoms. The van der Waals surface area contributed by atoms with Gasteiger partial charge in [0.2, 0.25) is 5.91 Å². The molecule has 0 aromatic heterocycles. The number of nitrogens with zero attached hydrogens (tertiary/aromatic N) is 1. The lowest BCUT2D eigenvalue weighted by Gasteiger charge is -2.12. The number of carbonyl (C=O) groups is 1. The van der Waals surface area contributed by atoms with E-state index in [0.717, 1.165) is 25.0 Å². The summed E-state index contributed by atoms with van der Waals surface area (Å²) in [6.45, 7) is 6.03. The topological polar surface area (TPSA) is 98.0 Å². The summed E-state index contributed by atoms with van der Waals surface area (Å²) in [6, 6.07) is 7.15. The maximum absolute atomic E-state index is 11.0. The molecule has 1 aromatic rings. The van der Waals surface area contributed by atoms with Gasteiger partial charge in [0.25, 0.3) is 0 Å². The molecule has 0 aliphatic heterocycles. The van der Waals surface area contributed by atoms with Gasteiger partial charge in [-0.15, -0.1) is 24.0 Å². The number of amides is 1. The molecule has 1 aromatic carbocycles. The molecular formula is C18H31IN4O3. The Balaban J connectivity index is 0.00000625. The summed E-state index contributed by atoms with van der Waals surface area (Å²) < 4.78 is 10.9. The number of carbonyl (C=O) groups excluding carboxylic acids is 1. The van der Waals surface area contributed by atoms with Crippen LogP contribution in [-0.2, 0) is 16.0 Å². The predicted octanol–water partition coefficient (Wildman–Crippen LogP) is 1.90. The SMILES string of the molecule is CCCCOCCOCCNC(=NC)NCc1ccc(C(N)=O)cc1.I. The lowest BCUT2D eigenvalue weighted by molar-refractivity contribution is 0.0487. The van der Waals surface area contributed by atoms with Crippen LogP contribution in [0.1, 0.15) is 35.7 Å². The standard InChI is InChI=1S/C18H30N4O3.HI/c1-3-4-10-24-12-13-25-11-9-21-18(20-2)22-14-15-5-7-16(8-6-15)17(19)23;/h5-8H,3-4,9-14H2,1-2H3,(H2,19,23)(H2,20,21,22);1H. The number of nitrogens with one attached hydrogen (secondary N) is 2. The van der Waals surface area contributed by atoms with Gasteiger partial charge in [-0.25, -0.2) is 0 Å². The molecule has 0 bridgehead atoms. The number of hydrogen-bond acceptors (Lipinski definition) is 4. The van der Waals surface area contributed by atoms with Gasteiger partial charge < -0.3 is 25.8 Å². The largest absolute Gasteiger partial charge is 0.379 e. The zero-order valence-corrected chi connectivity index (χ0v) is 18.0. The second-order valence-corrected chi connectivity index (χ2v) is 5.49. The van der Waals surface area contributed by atoms with Crippen molar-refractivity contribution in [3.05, 3.63) is 35.4 Å². The predicted molar refractivity (Wildman–Crippen MR) is 115 cm³/mol. The van der Waals surface area contributed by atoms with Gasteiger partial charge in [0.15, 0.2) is 5.96 Å². The Morgan fingerprint density at radius 2 is 1.73 bits per heavy atom. The Bertz CT molecular complexity index is 524. The van der Waals surface area contributed by atoms with Gasteiger partial charge in [0.05, 0.1) is 19.8 Å². The van der Waals surface area contributed by atoms with Crippen LogP contribution in [0.2, 0.25) is 0 Å². The van der Waals surface area contributed by atoms with Gasteiger partial charge in [-0.3, -0.25) is 9.79 Å². The molecule has 4 N–H and O–H groups in total. The molecule has 0 aliphatic carbocycles. The van der Waals surface area contributed by atoms with Crippen LogP contribution < -0.4 is 16.4 Å². The van der Waals surface area contributed by atoms with Crippen LogP contribution in [0.25, 0.3) is 0 Å². The summed E-state index contributed by atoms with van der Waals surface area (Å²) in [5.41, 5.74) is 6.76. The summed E-state index contributed by atoms with van der Waals surface area (Å²) in [5.74, 6) is 0.273. The zero-order valence-electron chi connectivity index (χ0n) is 15.6. The number of guanidine groups is 1. The fourth-order valence-corrected chi connectivity index (χ4v) is 2.00. The first-order valence-electron chi connectivity index (χ1n) is 8.66. The van der Waals surface area contributed by atoms with E-state index in [1.807, 2.05) is 12.1 Å². The molecule has 8 heteroatoms. The molecule has 0 saturated carbocycles. The summed E-state index contributed by atoms with van der Waals surface area (Å²) in [6.07, 6.45) is 2.24. The molecule has 0 fully saturated rings. The summed E-state index contributed by atoms with van der Waals surface area (Å²) >= 11 is 0. The zero-order chi connectivity index (χ0) is 18.3. The molecule has 1 rings (SSSR count). The van der Waals surface area contributed by atoms with E-state index in [0.29, 0.717) is 44.4 Å². The Morgan fingerprint density at radius 3 is 2.31 bits per heavy atom. The van der Waals surface area contributed by atoms with Crippen molar-refractivity contribution >= 4 is 35.8 Å². The van der Waals surface area contributed by atoms with E-state index in [9.17, 15) is 4.79 Å². The highest BCUT2D eigenvalue weighted by Gasteiger charge is 2.01. The minimum Gasteiger partial charge on any atom is -0.379 e. The van der Waals surface area contributed by atoms with Crippen LogP contribution in [0.5, 0.6) is 0 Å². The first kappa shape index (κ1) is 24.6. The number of hydrogen-bond donors (Lipinski definition) is 3. The second-order valence-electron chi connectivity index (χ2n) is 5.49. The van der Waals surface area contributed by atoms with Gasteiger partial charge in [-0.1, -0.05) is 25.5 Å². The monoisotopic (exact) mass is 478 g/mol. The Kier molecular flexibility index (Phi) is 15.0. The van der Waals surface area contributed by atoms with Crippen molar-refractivity contribution in [2.24, 2.45) is 10.7 Å². The Hall–Kier alpha value is -1.39. The van der Waals surface area contributed by atoms with Gasteiger partial charge >= 0.3 is 0 Å². The summed E-state index contributed by atoms with van der Waals surface area (Å²) in [5, 5.41) is 6.38. The molecule has 148 valence electrons. The minimum absolute atomic E-state index is 0. The number of nitrogens with two attached hydrogens (primary N) is 1. The molecule has 0 saturated heterocycles. The van der Waals surface area contributed by atoms with Crippen molar-refractivity contribution in [3.8, 4) is 0 Å². The third-order valence-electron chi connectivity index (χ3n) is 3.48. The van der Waals surface area contributed by atoms with Gasteiger partial charge in [-0.05, 0) is 24.1 Å². The smallest absolute Gasteiger partial charge is 0.248 e. The average Bonchev–Trinajstić information content (AvgIpc) is 2.63. The van der Waals surface area contributed by atoms with Crippen LogP contribution in [0.4, 0.5) is 0 Å². The van der Waals surface area contributed by atoms with Crippen molar-refractivity contribution in [2.75, 3.05) is 40.0 Å². The molecule has 1 amide bonds. The van der Waals surface area contributed by atoms with Crippen molar-refractivity contribution in [3.63, 3.8) is 0 Å². The van der Waals surface area contributed by atoms with E-state index in [2.05, 4.69) is 22.5 Å². The van der Waals surface area contributed by atoms with Crippen LogP contribution >= 0.6 is 24.0 Å². The number of ether oxygens (including phenoxy) is 2. The van der Waals surface area contributed by atoms with E-state index in [1.165, 1.54) is 0 Å². The van der Waals surface area contributed by atoms with Crippen LogP contribution in [0, 0.1) is 0 Å². The Labute approximate surface area is 173 Å². The summed E-state index contributed by atoms with van der Waals surface area (Å²) in [7, 11) is 1.72. The summed E-state index contributed by atoms with van der Waals surface area (Å²) in [4.78, 5) is 15.2. The average molecular weight is 478 g/mol. The molecule has 0 aliphatic rings. The molecule has 0 radical (unpaired) electrons. The first-order valence-corrected chi connectivity index (χ1v) is 8.66. The molecule has 7 nitrogen and oxygen atoms in total. The van der Waals surface area contributed by atoms with Crippen molar-refractivity contribution in [2.45, 2.75) is 26.3 Å². The lowest BCUT2D eigenvalue weighted by Crippen LogP contribution is -2.38. The van der Waals surface area contributed by atoms with Crippen LogP contribution in [0.15, 0.2) is 29.3 Å². The lowest BCUT2D eigenvalue weighted by atomic mass is 10.1. The van der Waals surface area contributed by atoms with E-state index in [-0.39, 0.29) is 24.0 Å². The van der Waals surface area contributed by atoms with Crippen molar-refractivity contribution in [1.82, 2.24) is 10.6 Å². The maximum atomic E-state index is 11.0. The van der Waals surface area contributed by atoms with E-state index in [1.54, 1.807) is 19.2 Å². The number of halogens is 1. The molecule has 0 spiro atoms. The molecular weight excluding hydrogens is 447 g/mol. The normalized spacial score (nSPS) is 10.9. The highest BCUT2D eigenvalue weighted by atomic mass is 127. The van der Waals surface area contributed by atoms with Gasteiger partial charge in [0.1, 0.15) is 0 Å². The fourth-order valence-electron chi connectivity index (χ4n) is 2.00. The highest BCUT2D eigenvalue weighted by molar-refractivity contribution is 14.0. The molecule has 0 unspecified atom stereocenters. The van der Waals surface area contributed by atoms with Gasteiger partial charge in [0, 0.05) is 32.3 Å². The Morgan fingerprint density at radius 1 is 1.08 bits per heavy atom. The number of primary amides is 1. The van der Waals surface area contributed by atoms with Crippen LogP contribution in [-0.4, -0.2) is 51.9 Å². The minimum atomic E-state index is -0.423. The fraction of sp³-hybridized carbons (Fsp3) is 0.556. The van der Waals surface area contributed by atoms with E-state index >= 15 is 0 Å². The van der Waals surface area contributed by atoms with E-state index < -0.39 is 5.91 Å². The van der Waals surface area contributed by atoms with Gasteiger partial charge in [-0.2, -0.15) is 0 Å². The quantitative estimate of drug-likeness (QED) is 0.185. The number of rotatable bonds is 12. The third kappa shape index (κ3) is 11.3. The van der Waals surface area contributed by atoms with Crippen molar-refractivity contribution < 1.29 is 14.3 Å². The third-order valence-corrected chi connectivity index (χ3v) is 3.48. The van der Waals surface area contributed by atoms with Crippen molar-refractivity contribution in [1.29, 1.82) is 0 Å². The second kappa shape index (κ2) is 15.8. The van der Waals surface area contributed by atoms with Crippen LogP contribution in [0.3, 0.4) is 0 Å². The highest BCUT2D eigenvalue weighted by Crippen LogP contribution is 2.03. The number of unbranched alkanes of at least 4 members (excludes halogenated alkanes) is 1. The molecule has 0 atom stereocenters. The maximum Gasteiger partial charge on any atom is 0.248 e. The number of aliphatic imine (C=N–C) groups is 1. The van der Waals surface area contributed by atoms with E-state index in [4.69, 9.17) is 15.2 Å². The molecule has 0 heterocycles. The first-order chi connectivity index (χ1) is 12.2. The number of benzene rings is 1.